The lowest BCUT2D eigenvalue weighted by molar-refractivity contribution is 0.422. The maximum Gasteiger partial charge on any atom is 0.126 e. The Labute approximate surface area is 108 Å². The largest absolute Gasteiger partial charge is 0.467 e. The summed E-state index contributed by atoms with van der Waals surface area (Å²) < 4.78 is 7.53. The van der Waals surface area contributed by atoms with Crippen LogP contribution < -0.4 is 5.73 Å². The fourth-order valence-corrected chi connectivity index (χ4v) is 2.22. The van der Waals surface area contributed by atoms with Gasteiger partial charge in [-0.1, -0.05) is 13.8 Å². The van der Waals surface area contributed by atoms with Crippen LogP contribution in [0.15, 0.2) is 35.3 Å². The summed E-state index contributed by atoms with van der Waals surface area (Å²) in [5.74, 6) is 1.49. The minimum absolute atomic E-state index is 0.0184. The van der Waals surface area contributed by atoms with Gasteiger partial charge in [-0.3, -0.25) is 0 Å². The lowest BCUT2D eigenvalue weighted by atomic mass is 10.0. The van der Waals surface area contributed by atoms with Gasteiger partial charge < -0.3 is 14.7 Å². The average molecular weight is 247 g/mol. The third-order valence-electron chi connectivity index (χ3n) is 3.17. The van der Waals surface area contributed by atoms with Crippen LogP contribution >= 0.6 is 0 Å². The van der Waals surface area contributed by atoms with Gasteiger partial charge in [0.05, 0.1) is 24.3 Å². The molecule has 0 aliphatic carbocycles. The first-order chi connectivity index (χ1) is 8.59. The van der Waals surface area contributed by atoms with E-state index in [2.05, 4.69) is 30.3 Å². The minimum atomic E-state index is 0.0184. The molecule has 0 fully saturated rings. The molecule has 0 saturated heterocycles. The Kier molecular flexibility index (Phi) is 3.87. The van der Waals surface area contributed by atoms with E-state index in [4.69, 9.17) is 10.2 Å². The molecule has 0 aliphatic rings. The van der Waals surface area contributed by atoms with Crippen molar-refractivity contribution in [3.8, 4) is 0 Å². The second-order valence-corrected chi connectivity index (χ2v) is 5.15. The van der Waals surface area contributed by atoms with Crippen LogP contribution in [0.4, 0.5) is 0 Å². The Morgan fingerprint density at radius 2 is 2.17 bits per heavy atom. The molecule has 2 N–H and O–H groups in total. The highest BCUT2D eigenvalue weighted by Gasteiger charge is 2.18. The molecule has 4 heteroatoms. The summed E-state index contributed by atoms with van der Waals surface area (Å²) in [6, 6.07) is 4.01. The van der Waals surface area contributed by atoms with Crippen LogP contribution in [0.25, 0.3) is 0 Å². The molecule has 0 aromatic carbocycles. The van der Waals surface area contributed by atoms with Gasteiger partial charge in [0.25, 0.3) is 0 Å². The van der Waals surface area contributed by atoms with Crippen LogP contribution in [0.3, 0.4) is 0 Å². The maximum absolute atomic E-state index is 6.24. The van der Waals surface area contributed by atoms with Gasteiger partial charge in [-0.05, 0) is 31.4 Å². The van der Waals surface area contributed by atoms with Gasteiger partial charge in [0.1, 0.15) is 5.76 Å². The Morgan fingerprint density at radius 3 is 2.78 bits per heavy atom. The van der Waals surface area contributed by atoms with E-state index in [1.54, 1.807) is 6.26 Å². The fourth-order valence-electron chi connectivity index (χ4n) is 2.22. The van der Waals surface area contributed by atoms with Crippen LogP contribution in [-0.4, -0.2) is 9.55 Å². The van der Waals surface area contributed by atoms with Gasteiger partial charge in [-0.25, -0.2) is 4.98 Å². The molecule has 18 heavy (non-hydrogen) atoms. The number of nitrogens with zero attached hydrogens (tertiary/aromatic N) is 2. The van der Waals surface area contributed by atoms with Crippen molar-refractivity contribution in [2.75, 3.05) is 0 Å². The van der Waals surface area contributed by atoms with E-state index in [1.165, 1.54) is 0 Å². The zero-order chi connectivity index (χ0) is 13.1. The summed E-state index contributed by atoms with van der Waals surface area (Å²) in [5, 5.41) is 0. The van der Waals surface area contributed by atoms with Crippen LogP contribution in [0.1, 0.15) is 50.7 Å². The molecular weight excluding hydrogens is 226 g/mol. The first kappa shape index (κ1) is 12.9. The van der Waals surface area contributed by atoms with Crippen LogP contribution in [0.5, 0.6) is 0 Å². The molecular formula is C14H21N3O. The normalized spacial score (nSPS) is 14.9. The lowest BCUT2D eigenvalue weighted by Crippen LogP contribution is -2.19. The quantitative estimate of drug-likeness (QED) is 0.883. The Morgan fingerprint density at radius 1 is 1.39 bits per heavy atom. The summed E-state index contributed by atoms with van der Waals surface area (Å²) in [6.07, 6.45) is 6.32. The van der Waals surface area contributed by atoms with Crippen LogP contribution in [0, 0.1) is 5.92 Å². The summed E-state index contributed by atoms with van der Waals surface area (Å²) in [5.41, 5.74) is 7.30. The minimum Gasteiger partial charge on any atom is -0.467 e. The zero-order valence-corrected chi connectivity index (χ0v) is 11.2. The second-order valence-electron chi connectivity index (χ2n) is 5.15. The van der Waals surface area contributed by atoms with Crippen molar-refractivity contribution in [2.45, 2.75) is 39.3 Å². The molecule has 2 unspecified atom stereocenters. The zero-order valence-electron chi connectivity index (χ0n) is 11.2. The molecule has 2 atom stereocenters. The number of aromatic nitrogens is 2. The third-order valence-corrected chi connectivity index (χ3v) is 3.17. The maximum atomic E-state index is 6.24. The van der Waals surface area contributed by atoms with Gasteiger partial charge in [0.15, 0.2) is 0 Å². The topological polar surface area (TPSA) is 57.0 Å². The Hall–Kier alpha value is -1.55. The molecule has 0 radical (unpaired) electrons. The summed E-state index contributed by atoms with van der Waals surface area (Å²) in [7, 11) is 0. The number of hydrogen-bond acceptors (Lipinski definition) is 3. The first-order valence-corrected chi connectivity index (χ1v) is 6.40. The van der Waals surface area contributed by atoms with E-state index in [9.17, 15) is 0 Å². The van der Waals surface area contributed by atoms with Crippen LogP contribution in [0.2, 0.25) is 0 Å². The Bertz CT molecular complexity index is 473. The lowest BCUT2D eigenvalue weighted by Gasteiger charge is -2.19. The molecule has 0 spiro atoms. The van der Waals surface area contributed by atoms with Gasteiger partial charge >= 0.3 is 0 Å². The smallest absolute Gasteiger partial charge is 0.126 e. The number of imidazole rings is 1. The number of rotatable bonds is 5. The highest BCUT2D eigenvalue weighted by atomic mass is 16.3. The van der Waals surface area contributed by atoms with Crippen molar-refractivity contribution in [1.82, 2.24) is 9.55 Å². The molecule has 98 valence electrons. The SMILES string of the molecule is CC(C)CC(N)c1cncn1C(C)c1ccco1. The first-order valence-electron chi connectivity index (χ1n) is 6.40. The van der Waals surface area contributed by atoms with Gasteiger partial charge in [0.2, 0.25) is 0 Å². The van der Waals surface area contributed by atoms with E-state index in [1.807, 2.05) is 24.7 Å². The summed E-state index contributed by atoms with van der Waals surface area (Å²) in [4.78, 5) is 4.22. The van der Waals surface area contributed by atoms with Crippen molar-refractivity contribution in [1.29, 1.82) is 0 Å². The third kappa shape index (κ3) is 2.64. The molecule has 2 heterocycles. The fraction of sp³-hybridized carbons (Fsp3) is 0.500. The van der Waals surface area contributed by atoms with E-state index < -0.39 is 0 Å². The van der Waals surface area contributed by atoms with Gasteiger partial charge in [-0.15, -0.1) is 0 Å². The van der Waals surface area contributed by atoms with Gasteiger partial charge in [0, 0.05) is 12.2 Å². The highest BCUT2D eigenvalue weighted by molar-refractivity contribution is 5.12. The predicted molar refractivity (Wildman–Crippen MR) is 71.1 cm³/mol. The molecule has 4 nitrogen and oxygen atoms in total. The van der Waals surface area contributed by atoms with E-state index >= 15 is 0 Å². The number of hydrogen-bond donors (Lipinski definition) is 1. The molecule has 2 rings (SSSR count). The highest BCUT2D eigenvalue weighted by Crippen LogP contribution is 2.25. The van der Waals surface area contributed by atoms with Crippen molar-refractivity contribution < 1.29 is 4.42 Å². The summed E-state index contributed by atoms with van der Waals surface area (Å²) >= 11 is 0. The standard InChI is InChI=1S/C14H21N3O/c1-10(2)7-12(15)13-8-16-9-17(13)11(3)14-5-4-6-18-14/h4-6,8-12H,7,15H2,1-3H3. The van der Waals surface area contributed by atoms with E-state index in [-0.39, 0.29) is 12.1 Å². The van der Waals surface area contributed by atoms with E-state index in [0.717, 1.165) is 17.9 Å². The van der Waals surface area contributed by atoms with Crippen molar-refractivity contribution in [2.24, 2.45) is 11.7 Å². The molecule has 2 aromatic rings. The van der Waals surface area contributed by atoms with Gasteiger partial charge in [-0.2, -0.15) is 0 Å². The molecule has 0 saturated carbocycles. The summed E-state index contributed by atoms with van der Waals surface area (Å²) in [6.45, 7) is 6.44. The van der Waals surface area contributed by atoms with Crippen molar-refractivity contribution >= 4 is 0 Å². The predicted octanol–water partition coefficient (Wildman–Crippen LogP) is 3.13. The van der Waals surface area contributed by atoms with E-state index in [0.29, 0.717) is 5.92 Å². The molecule has 0 aliphatic heterocycles. The Balaban J connectivity index is 2.22. The number of nitrogens with two attached hydrogens (primary N) is 1. The molecule has 0 amide bonds. The van der Waals surface area contributed by atoms with Crippen LogP contribution in [-0.2, 0) is 0 Å². The average Bonchev–Trinajstić information content (AvgIpc) is 2.98. The molecule has 0 bridgehead atoms. The second kappa shape index (κ2) is 5.40. The van der Waals surface area contributed by atoms with Crippen molar-refractivity contribution in [3.05, 3.63) is 42.4 Å². The number of furan rings is 1. The monoisotopic (exact) mass is 247 g/mol. The van der Waals surface area contributed by atoms with Crippen molar-refractivity contribution in [3.63, 3.8) is 0 Å². The molecule has 2 aromatic heterocycles.